The molecule has 2 aliphatic heterocycles. The predicted molar refractivity (Wildman–Crippen MR) is 115 cm³/mol. The lowest BCUT2D eigenvalue weighted by Gasteiger charge is -2.48. The minimum absolute atomic E-state index is 0.00932. The highest BCUT2D eigenvalue weighted by atomic mass is 16.2. The van der Waals surface area contributed by atoms with Crippen LogP contribution in [0.1, 0.15) is 53.6 Å². The molecule has 5 nitrogen and oxygen atoms in total. The van der Waals surface area contributed by atoms with Crippen molar-refractivity contribution in [3.05, 3.63) is 65.2 Å². The Bertz CT molecular complexity index is 862. The van der Waals surface area contributed by atoms with Gasteiger partial charge in [-0.25, -0.2) is 4.79 Å². The monoisotopic (exact) mass is 391 g/mol. The van der Waals surface area contributed by atoms with Crippen LogP contribution in [0.25, 0.3) is 0 Å². The van der Waals surface area contributed by atoms with Gasteiger partial charge in [0.25, 0.3) is 5.91 Å². The van der Waals surface area contributed by atoms with Crippen LogP contribution in [0, 0.1) is 13.8 Å². The number of hydrogen-bond donors (Lipinski definition) is 2. The van der Waals surface area contributed by atoms with Crippen molar-refractivity contribution in [1.29, 1.82) is 0 Å². The number of carbonyl (C=O) groups is 2. The Balaban J connectivity index is 1.44. The van der Waals surface area contributed by atoms with Crippen LogP contribution >= 0.6 is 0 Å². The highest BCUT2D eigenvalue weighted by molar-refractivity contribution is 5.94. The van der Waals surface area contributed by atoms with Crippen molar-refractivity contribution >= 4 is 17.6 Å². The summed E-state index contributed by atoms with van der Waals surface area (Å²) >= 11 is 0. The zero-order valence-electron chi connectivity index (χ0n) is 17.2. The van der Waals surface area contributed by atoms with Gasteiger partial charge in [0.1, 0.15) is 0 Å². The van der Waals surface area contributed by atoms with Crippen LogP contribution < -0.4 is 10.6 Å². The molecule has 2 aromatic rings. The summed E-state index contributed by atoms with van der Waals surface area (Å²) in [6, 6.07) is 15.8. The Labute approximate surface area is 172 Å². The van der Waals surface area contributed by atoms with Gasteiger partial charge in [-0.15, -0.1) is 0 Å². The smallest absolute Gasteiger partial charge is 0.322 e. The first kappa shape index (κ1) is 19.5. The van der Waals surface area contributed by atoms with Crippen LogP contribution in [0.3, 0.4) is 0 Å². The van der Waals surface area contributed by atoms with E-state index in [1.807, 2.05) is 67.3 Å². The second-order valence-electron chi connectivity index (χ2n) is 8.35. The number of benzene rings is 2. The lowest BCUT2D eigenvalue weighted by molar-refractivity contribution is 0.0577. The molecule has 2 fully saturated rings. The quantitative estimate of drug-likeness (QED) is 0.800. The summed E-state index contributed by atoms with van der Waals surface area (Å²) < 4.78 is 0. The van der Waals surface area contributed by atoms with Crippen molar-refractivity contribution in [3.8, 4) is 0 Å². The van der Waals surface area contributed by atoms with Crippen molar-refractivity contribution in [2.45, 2.75) is 64.1 Å². The number of nitrogens with zero attached hydrogens (tertiary/aromatic N) is 1. The van der Waals surface area contributed by atoms with Crippen LogP contribution in [0.5, 0.6) is 0 Å². The van der Waals surface area contributed by atoms with E-state index in [0.29, 0.717) is 5.56 Å². The van der Waals surface area contributed by atoms with E-state index in [2.05, 4.69) is 10.6 Å². The summed E-state index contributed by atoms with van der Waals surface area (Å²) in [5.41, 5.74) is 3.75. The average Bonchev–Trinajstić information content (AvgIpc) is 2.70. The maximum absolute atomic E-state index is 13.2. The molecule has 2 aliphatic rings. The molecule has 5 heteroatoms. The number of fused-ring (bicyclic) bond motifs is 2. The molecule has 2 N–H and O–H groups in total. The van der Waals surface area contributed by atoms with Crippen LogP contribution in [-0.2, 0) is 0 Å². The van der Waals surface area contributed by atoms with E-state index in [-0.39, 0.29) is 30.1 Å². The number of hydrogen-bond acceptors (Lipinski definition) is 2. The Morgan fingerprint density at radius 1 is 0.897 bits per heavy atom. The number of carbonyl (C=O) groups excluding carboxylic acids is 2. The van der Waals surface area contributed by atoms with Crippen LogP contribution in [-0.4, -0.2) is 35.0 Å². The van der Waals surface area contributed by atoms with Gasteiger partial charge in [0.15, 0.2) is 0 Å². The average molecular weight is 392 g/mol. The summed E-state index contributed by atoms with van der Waals surface area (Å²) in [5.74, 6) is -0.0258. The molecular weight excluding hydrogens is 362 g/mol. The fourth-order valence-corrected chi connectivity index (χ4v) is 4.87. The molecule has 0 spiro atoms. The van der Waals surface area contributed by atoms with Crippen molar-refractivity contribution in [3.63, 3.8) is 0 Å². The van der Waals surface area contributed by atoms with Gasteiger partial charge in [0, 0.05) is 29.4 Å². The molecule has 0 saturated carbocycles. The highest BCUT2D eigenvalue weighted by Gasteiger charge is 2.41. The first-order chi connectivity index (χ1) is 14.0. The van der Waals surface area contributed by atoms with Gasteiger partial charge in [-0.2, -0.15) is 0 Å². The molecule has 2 heterocycles. The Morgan fingerprint density at radius 2 is 1.52 bits per heavy atom. The van der Waals surface area contributed by atoms with Crippen LogP contribution in [0.2, 0.25) is 0 Å². The normalized spacial score (nSPS) is 23.4. The van der Waals surface area contributed by atoms with Crippen LogP contribution in [0.4, 0.5) is 10.5 Å². The first-order valence-electron chi connectivity index (χ1n) is 10.5. The Morgan fingerprint density at radius 3 is 2.14 bits per heavy atom. The molecule has 4 rings (SSSR count). The molecule has 2 saturated heterocycles. The molecule has 0 aliphatic carbocycles. The van der Waals surface area contributed by atoms with E-state index in [9.17, 15) is 9.59 Å². The predicted octanol–water partition coefficient (Wildman–Crippen LogP) is 4.65. The molecule has 29 heavy (non-hydrogen) atoms. The summed E-state index contributed by atoms with van der Waals surface area (Å²) in [7, 11) is 0. The second-order valence-corrected chi connectivity index (χ2v) is 8.35. The van der Waals surface area contributed by atoms with Gasteiger partial charge in [-0.1, -0.05) is 36.4 Å². The fraction of sp³-hybridized carbons (Fsp3) is 0.417. The maximum Gasteiger partial charge on any atom is 0.322 e. The highest BCUT2D eigenvalue weighted by Crippen LogP contribution is 2.35. The molecule has 152 valence electrons. The summed E-state index contributed by atoms with van der Waals surface area (Å²) in [5, 5.41) is 6.35. The number of rotatable bonds is 3. The zero-order chi connectivity index (χ0) is 20.4. The SMILES string of the molecule is Cc1cccc(C)c1NC(=O)N1[C@@H]2CCC[C@H]1CC(NC(=O)c1ccccc1)C2. The Kier molecular flexibility index (Phi) is 5.56. The van der Waals surface area contributed by atoms with E-state index < -0.39 is 0 Å². The summed E-state index contributed by atoms with van der Waals surface area (Å²) in [6.45, 7) is 4.05. The lowest BCUT2D eigenvalue weighted by atomic mass is 9.82. The third-order valence-electron chi connectivity index (χ3n) is 6.29. The van der Waals surface area contributed by atoms with E-state index in [1.54, 1.807) is 0 Å². The molecule has 0 radical (unpaired) electrons. The van der Waals surface area contributed by atoms with Gasteiger partial charge >= 0.3 is 6.03 Å². The second kappa shape index (κ2) is 8.27. The Hall–Kier alpha value is -2.82. The minimum Gasteiger partial charge on any atom is -0.349 e. The lowest BCUT2D eigenvalue weighted by Crippen LogP contribution is -2.59. The largest absolute Gasteiger partial charge is 0.349 e. The number of anilines is 1. The number of aryl methyl sites for hydroxylation is 2. The molecular formula is C24H29N3O2. The van der Waals surface area contributed by atoms with E-state index >= 15 is 0 Å². The molecule has 2 bridgehead atoms. The molecule has 0 aromatic heterocycles. The molecule has 3 atom stereocenters. The number of nitrogens with one attached hydrogen (secondary N) is 2. The third kappa shape index (κ3) is 4.14. The van der Waals surface area contributed by atoms with E-state index in [0.717, 1.165) is 48.9 Å². The van der Waals surface area contributed by atoms with Crippen LogP contribution in [0.15, 0.2) is 48.5 Å². The third-order valence-corrected chi connectivity index (χ3v) is 6.29. The fourth-order valence-electron chi connectivity index (χ4n) is 4.87. The van der Waals surface area contributed by atoms with E-state index in [4.69, 9.17) is 0 Å². The standard InChI is InChI=1S/C24H29N3O2/c1-16-8-6-9-17(2)22(16)26-24(29)27-20-12-7-13-21(27)15-19(14-20)25-23(28)18-10-4-3-5-11-18/h3-6,8-11,19-21H,7,12-15H2,1-2H3,(H,25,28)(H,26,29)/t19?,20-,21+. The van der Waals surface area contributed by atoms with Crippen molar-refractivity contribution in [2.24, 2.45) is 0 Å². The summed E-state index contributed by atoms with van der Waals surface area (Å²) in [4.78, 5) is 27.8. The van der Waals surface area contributed by atoms with Crippen molar-refractivity contribution in [2.75, 3.05) is 5.32 Å². The first-order valence-corrected chi connectivity index (χ1v) is 10.5. The number of piperidine rings is 2. The topological polar surface area (TPSA) is 61.4 Å². The van der Waals surface area contributed by atoms with Gasteiger partial charge < -0.3 is 15.5 Å². The summed E-state index contributed by atoms with van der Waals surface area (Å²) in [6.07, 6.45) is 4.76. The number of amides is 3. The van der Waals surface area contributed by atoms with Gasteiger partial charge in [0.2, 0.25) is 0 Å². The van der Waals surface area contributed by atoms with Gasteiger partial charge in [-0.05, 0) is 69.2 Å². The molecule has 1 unspecified atom stereocenters. The molecule has 2 aromatic carbocycles. The number of para-hydroxylation sites is 1. The van der Waals surface area contributed by atoms with Crippen molar-refractivity contribution in [1.82, 2.24) is 10.2 Å². The van der Waals surface area contributed by atoms with Gasteiger partial charge in [0.05, 0.1) is 0 Å². The number of urea groups is 1. The van der Waals surface area contributed by atoms with Crippen molar-refractivity contribution < 1.29 is 9.59 Å². The van der Waals surface area contributed by atoms with Gasteiger partial charge in [-0.3, -0.25) is 4.79 Å². The zero-order valence-corrected chi connectivity index (χ0v) is 17.2. The minimum atomic E-state index is -0.0258. The maximum atomic E-state index is 13.2. The van der Waals surface area contributed by atoms with E-state index in [1.165, 1.54) is 0 Å². The molecule has 3 amide bonds.